The number of fused-ring (bicyclic) bond motifs is 1. The number of likely N-dealkylation sites (tertiary alicyclic amines) is 1. The molecule has 2 amide bonds. The zero-order valence-corrected chi connectivity index (χ0v) is 18.4. The van der Waals surface area contributed by atoms with Crippen LogP contribution in [-0.4, -0.2) is 48.0 Å². The summed E-state index contributed by atoms with van der Waals surface area (Å²) in [5.74, 6) is -1.30. The van der Waals surface area contributed by atoms with Crippen molar-refractivity contribution in [1.29, 1.82) is 0 Å². The second kappa shape index (κ2) is 8.90. The number of anilines is 1. The van der Waals surface area contributed by atoms with Crippen LogP contribution in [0.15, 0.2) is 48.8 Å². The Morgan fingerprint density at radius 2 is 2.03 bits per heavy atom. The minimum absolute atomic E-state index is 0.0295. The SMILES string of the molecule is O=C1COc2cc(F)c(C(=O)N3CC(COc4ccc(Cl)cc4-c4cncc(F)c4)C3)cc2N1. The molecule has 34 heavy (non-hydrogen) atoms. The molecule has 10 heteroatoms. The zero-order valence-electron chi connectivity index (χ0n) is 17.7. The molecule has 0 unspecified atom stereocenters. The molecule has 2 aromatic carbocycles. The molecule has 3 heterocycles. The molecule has 174 valence electrons. The topological polar surface area (TPSA) is 80.8 Å². The minimum Gasteiger partial charge on any atom is -0.493 e. The van der Waals surface area contributed by atoms with E-state index in [1.54, 1.807) is 18.2 Å². The first-order chi connectivity index (χ1) is 16.4. The van der Waals surface area contributed by atoms with Gasteiger partial charge in [0.2, 0.25) is 0 Å². The first-order valence-corrected chi connectivity index (χ1v) is 10.8. The van der Waals surface area contributed by atoms with Crippen molar-refractivity contribution in [2.24, 2.45) is 5.92 Å². The summed E-state index contributed by atoms with van der Waals surface area (Å²) in [6.45, 7) is 0.863. The summed E-state index contributed by atoms with van der Waals surface area (Å²) in [4.78, 5) is 29.7. The number of hydrogen-bond acceptors (Lipinski definition) is 5. The molecule has 1 fully saturated rings. The predicted molar refractivity (Wildman–Crippen MR) is 120 cm³/mol. The van der Waals surface area contributed by atoms with Gasteiger partial charge in [0, 0.05) is 47.4 Å². The second-order valence-electron chi connectivity index (χ2n) is 8.08. The lowest BCUT2D eigenvalue weighted by atomic mass is 9.99. The van der Waals surface area contributed by atoms with Crippen LogP contribution < -0.4 is 14.8 Å². The molecular weight excluding hydrogens is 468 g/mol. The lowest BCUT2D eigenvalue weighted by molar-refractivity contribution is -0.118. The smallest absolute Gasteiger partial charge is 0.262 e. The lowest BCUT2D eigenvalue weighted by Crippen LogP contribution is -2.52. The van der Waals surface area contributed by atoms with Crippen LogP contribution in [0.4, 0.5) is 14.5 Å². The standard InChI is InChI=1S/C24H18ClF2N3O4/c25-15-1-2-21(17(4-15)14-3-16(26)8-28-7-14)33-11-13-9-30(10-13)24(32)18-5-20-22(6-19(18)27)34-12-23(31)29-20/h1-8,13H,9-12H2,(H,29,31). The third-order valence-corrected chi connectivity index (χ3v) is 5.84. The maximum absolute atomic E-state index is 14.5. The van der Waals surface area contributed by atoms with Gasteiger partial charge in [-0.1, -0.05) is 11.6 Å². The van der Waals surface area contributed by atoms with Crippen molar-refractivity contribution < 1.29 is 27.8 Å². The summed E-state index contributed by atoms with van der Waals surface area (Å²) < 4.78 is 39.2. The molecule has 0 bridgehead atoms. The molecule has 0 radical (unpaired) electrons. The third-order valence-electron chi connectivity index (χ3n) is 5.61. The Morgan fingerprint density at radius 3 is 2.82 bits per heavy atom. The Hall–Kier alpha value is -3.72. The van der Waals surface area contributed by atoms with Crippen molar-refractivity contribution in [1.82, 2.24) is 9.88 Å². The van der Waals surface area contributed by atoms with Gasteiger partial charge in [-0.3, -0.25) is 14.6 Å². The fourth-order valence-electron chi connectivity index (χ4n) is 3.90. The molecule has 2 aliphatic rings. The Kier molecular flexibility index (Phi) is 5.79. The van der Waals surface area contributed by atoms with Gasteiger partial charge in [-0.25, -0.2) is 8.78 Å². The Morgan fingerprint density at radius 1 is 1.21 bits per heavy atom. The summed E-state index contributed by atoms with van der Waals surface area (Å²) in [7, 11) is 0. The molecule has 1 aromatic heterocycles. The number of aromatic nitrogens is 1. The van der Waals surface area contributed by atoms with E-state index < -0.39 is 17.5 Å². The average molecular weight is 486 g/mol. The fraction of sp³-hybridized carbons (Fsp3) is 0.208. The van der Waals surface area contributed by atoms with Crippen LogP contribution in [0.1, 0.15) is 10.4 Å². The van der Waals surface area contributed by atoms with Gasteiger partial charge in [-0.15, -0.1) is 0 Å². The molecule has 2 aliphatic heterocycles. The van der Waals surface area contributed by atoms with E-state index in [1.165, 1.54) is 23.2 Å². The monoisotopic (exact) mass is 485 g/mol. The Bertz CT molecular complexity index is 1300. The molecule has 0 aliphatic carbocycles. The van der Waals surface area contributed by atoms with E-state index >= 15 is 0 Å². The van der Waals surface area contributed by atoms with Crippen LogP contribution in [0.3, 0.4) is 0 Å². The molecule has 0 saturated carbocycles. The van der Waals surface area contributed by atoms with Gasteiger partial charge in [0.15, 0.2) is 6.61 Å². The second-order valence-corrected chi connectivity index (χ2v) is 8.52. The first kappa shape index (κ1) is 22.1. The van der Waals surface area contributed by atoms with E-state index in [9.17, 15) is 18.4 Å². The zero-order chi connectivity index (χ0) is 23.8. The molecule has 1 saturated heterocycles. The van der Waals surface area contributed by atoms with Gasteiger partial charge in [0.1, 0.15) is 23.1 Å². The average Bonchev–Trinajstić information content (AvgIpc) is 2.78. The highest BCUT2D eigenvalue weighted by Crippen LogP contribution is 2.34. The third kappa shape index (κ3) is 4.38. The summed E-state index contributed by atoms with van der Waals surface area (Å²) in [5, 5.41) is 3.04. The number of amides is 2. The molecular formula is C24H18ClF2N3O4. The van der Waals surface area contributed by atoms with Gasteiger partial charge in [0.25, 0.3) is 11.8 Å². The van der Waals surface area contributed by atoms with Crippen molar-refractivity contribution in [2.75, 3.05) is 31.6 Å². The maximum Gasteiger partial charge on any atom is 0.262 e. The van der Waals surface area contributed by atoms with E-state index in [2.05, 4.69) is 10.3 Å². The van der Waals surface area contributed by atoms with Gasteiger partial charge in [-0.05, 0) is 30.3 Å². The highest BCUT2D eigenvalue weighted by atomic mass is 35.5. The molecule has 3 aromatic rings. The summed E-state index contributed by atoms with van der Waals surface area (Å²) in [6.07, 6.45) is 2.63. The minimum atomic E-state index is -0.714. The number of carbonyl (C=O) groups is 2. The van der Waals surface area contributed by atoms with Gasteiger partial charge < -0.3 is 19.7 Å². The van der Waals surface area contributed by atoms with Crippen molar-refractivity contribution in [3.63, 3.8) is 0 Å². The largest absolute Gasteiger partial charge is 0.493 e. The number of halogens is 3. The number of ether oxygens (including phenoxy) is 2. The van der Waals surface area contributed by atoms with Crippen LogP contribution in [-0.2, 0) is 4.79 Å². The van der Waals surface area contributed by atoms with Crippen LogP contribution in [0.2, 0.25) is 5.02 Å². The molecule has 0 spiro atoms. The number of rotatable bonds is 5. The van der Waals surface area contributed by atoms with Crippen LogP contribution in [0.25, 0.3) is 11.1 Å². The van der Waals surface area contributed by atoms with E-state index in [4.69, 9.17) is 21.1 Å². The Balaban J connectivity index is 1.23. The molecule has 7 nitrogen and oxygen atoms in total. The van der Waals surface area contributed by atoms with Gasteiger partial charge >= 0.3 is 0 Å². The highest BCUT2D eigenvalue weighted by Gasteiger charge is 2.34. The number of nitrogens with one attached hydrogen (secondary N) is 1. The number of pyridine rings is 1. The number of nitrogens with zero attached hydrogens (tertiary/aromatic N) is 2. The van der Waals surface area contributed by atoms with Crippen molar-refractivity contribution in [3.05, 3.63) is 71.0 Å². The fourth-order valence-corrected chi connectivity index (χ4v) is 4.07. The first-order valence-electron chi connectivity index (χ1n) is 10.5. The van der Waals surface area contributed by atoms with E-state index in [-0.39, 0.29) is 35.4 Å². The van der Waals surface area contributed by atoms with E-state index in [0.717, 1.165) is 12.3 Å². The van der Waals surface area contributed by atoms with Gasteiger partial charge in [-0.2, -0.15) is 0 Å². The quantitative estimate of drug-likeness (QED) is 0.587. The molecule has 5 rings (SSSR count). The molecule has 1 N–H and O–H groups in total. The maximum atomic E-state index is 14.5. The normalized spacial score (nSPS) is 15.1. The van der Waals surface area contributed by atoms with Crippen LogP contribution >= 0.6 is 11.6 Å². The predicted octanol–water partition coefficient (Wildman–Crippen LogP) is 4.16. The number of hydrogen-bond donors (Lipinski definition) is 1. The molecule has 0 atom stereocenters. The summed E-state index contributed by atoms with van der Waals surface area (Å²) >= 11 is 6.11. The van der Waals surface area contributed by atoms with Gasteiger partial charge in [0.05, 0.1) is 24.1 Å². The van der Waals surface area contributed by atoms with Crippen molar-refractivity contribution in [3.8, 4) is 22.6 Å². The van der Waals surface area contributed by atoms with E-state index in [0.29, 0.717) is 41.6 Å². The number of benzene rings is 2. The van der Waals surface area contributed by atoms with Crippen molar-refractivity contribution >= 4 is 29.1 Å². The van der Waals surface area contributed by atoms with Crippen LogP contribution in [0.5, 0.6) is 11.5 Å². The number of carbonyl (C=O) groups excluding carboxylic acids is 2. The van der Waals surface area contributed by atoms with Crippen molar-refractivity contribution in [2.45, 2.75) is 0 Å². The Labute approximate surface area is 198 Å². The van der Waals surface area contributed by atoms with E-state index in [1.807, 2.05) is 0 Å². The summed E-state index contributed by atoms with van der Waals surface area (Å²) in [6, 6.07) is 8.78. The summed E-state index contributed by atoms with van der Waals surface area (Å²) in [5.41, 5.74) is 1.26. The van der Waals surface area contributed by atoms with Crippen LogP contribution in [0, 0.1) is 17.6 Å². The highest BCUT2D eigenvalue weighted by molar-refractivity contribution is 6.31. The lowest BCUT2D eigenvalue weighted by Gasteiger charge is -2.39.